The van der Waals surface area contributed by atoms with Crippen LogP contribution in [0.4, 0.5) is 5.69 Å². The summed E-state index contributed by atoms with van der Waals surface area (Å²) in [4.78, 5) is 37.8. The Labute approximate surface area is 201 Å². The number of carbonyl (C=O) groups excluding carboxylic acids is 2. The lowest BCUT2D eigenvalue weighted by Gasteiger charge is -2.29. The summed E-state index contributed by atoms with van der Waals surface area (Å²) < 4.78 is 11.5. The summed E-state index contributed by atoms with van der Waals surface area (Å²) in [7, 11) is 1.31. The molecule has 0 heterocycles. The van der Waals surface area contributed by atoms with Gasteiger partial charge in [-0.25, -0.2) is 0 Å². The average molecular weight is 522 g/mol. The maximum atomic E-state index is 13.1. The monoisotopic (exact) mass is 521 g/mol. The molecule has 2 aromatic carbocycles. The van der Waals surface area contributed by atoms with Crippen LogP contribution in [0.25, 0.3) is 0 Å². The van der Waals surface area contributed by atoms with Crippen molar-refractivity contribution in [3.63, 3.8) is 0 Å². The van der Waals surface area contributed by atoms with Gasteiger partial charge in [-0.1, -0.05) is 35.0 Å². The Bertz CT molecular complexity index is 983. The highest BCUT2D eigenvalue weighted by molar-refractivity contribution is 9.10. The van der Waals surface area contributed by atoms with E-state index in [0.717, 1.165) is 16.5 Å². The van der Waals surface area contributed by atoms with Gasteiger partial charge in [0.2, 0.25) is 11.7 Å². The molecule has 2 amide bonds. The lowest BCUT2D eigenvalue weighted by atomic mass is 10.1. The second kappa shape index (κ2) is 12.2. The van der Waals surface area contributed by atoms with Gasteiger partial charge in [-0.05, 0) is 44.0 Å². The zero-order chi connectivity index (χ0) is 24.5. The third kappa shape index (κ3) is 7.45. The fraction of sp³-hybridized carbons (Fsp3) is 0.391. The highest BCUT2D eigenvalue weighted by atomic mass is 79.9. The fourth-order valence-electron chi connectivity index (χ4n) is 2.96. The lowest BCUT2D eigenvalue weighted by Crippen LogP contribution is -2.50. The van der Waals surface area contributed by atoms with Crippen molar-refractivity contribution in [1.29, 1.82) is 0 Å². The number of amides is 2. The zero-order valence-corrected chi connectivity index (χ0v) is 20.6. The summed E-state index contributed by atoms with van der Waals surface area (Å²) in [5.74, 6) is -0.391. The summed E-state index contributed by atoms with van der Waals surface area (Å²) in [6, 6.07) is 10.7. The Morgan fingerprint density at radius 3 is 2.42 bits per heavy atom. The number of ether oxygens (including phenoxy) is 2. The van der Waals surface area contributed by atoms with Gasteiger partial charge in [0.1, 0.15) is 11.8 Å². The maximum Gasteiger partial charge on any atom is 0.311 e. The average Bonchev–Trinajstić information content (AvgIpc) is 2.81. The van der Waals surface area contributed by atoms with Crippen LogP contribution in [-0.4, -0.2) is 47.4 Å². The smallest absolute Gasteiger partial charge is 0.311 e. The minimum Gasteiger partial charge on any atom is -0.490 e. The molecule has 0 aliphatic rings. The molecule has 1 N–H and O–H groups in total. The van der Waals surface area contributed by atoms with Gasteiger partial charge < -0.3 is 19.7 Å². The van der Waals surface area contributed by atoms with Crippen molar-refractivity contribution in [1.82, 2.24) is 10.2 Å². The highest BCUT2D eigenvalue weighted by Gasteiger charge is 2.27. The molecule has 0 aromatic heterocycles. The van der Waals surface area contributed by atoms with Crippen molar-refractivity contribution in [2.24, 2.45) is 0 Å². The molecule has 2 atom stereocenters. The first-order valence-corrected chi connectivity index (χ1v) is 11.2. The van der Waals surface area contributed by atoms with Crippen molar-refractivity contribution >= 4 is 33.4 Å². The summed E-state index contributed by atoms with van der Waals surface area (Å²) in [6.07, 6.45) is 0.768. The number of nitrogens with zero attached hydrogens (tertiary/aromatic N) is 2. The number of methoxy groups -OCH3 is 1. The minimum atomic E-state index is -0.731. The minimum absolute atomic E-state index is 0.0200. The number of hydrogen-bond acceptors (Lipinski definition) is 6. The number of benzene rings is 2. The Morgan fingerprint density at radius 2 is 1.85 bits per heavy atom. The summed E-state index contributed by atoms with van der Waals surface area (Å²) in [6.45, 7) is 5.40. The molecule has 178 valence electrons. The number of rotatable bonds is 11. The summed E-state index contributed by atoms with van der Waals surface area (Å²) in [5.41, 5.74) is 0.648. The molecule has 0 aliphatic carbocycles. The van der Waals surface area contributed by atoms with Crippen LogP contribution in [0.1, 0.15) is 32.8 Å². The van der Waals surface area contributed by atoms with Crippen molar-refractivity contribution in [3.8, 4) is 11.5 Å². The van der Waals surface area contributed by atoms with Gasteiger partial charge in [0.05, 0.1) is 12.0 Å². The van der Waals surface area contributed by atoms with Crippen LogP contribution in [0, 0.1) is 10.1 Å². The van der Waals surface area contributed by atoms with E-state index in [0.29, 0.717) is 0 Å². The molecule has 0 saturated carbocycles. The van der Waals surface area contributed by atoms with Gasteiger partial charge in [0.15, 0.2) is 6.61 Å². The number of nitro benzene ring substituents is 1. The zero-order valence-electron chi connectivity index (χ0n) is 19.0. The predicted molar refractivity (Wildman–Crippen MR) is 127 cm³/mol. The first kappa shape index (κ1) is 26.1. The predicted octanol–water partition coefficient (Wildman–Crippen LogP) is 4.08. The molecule has 0 spiro atoms. The van der Waals surface area contributed by atoms with E-state index >= 15 is 0 Å². The van der Waals surface area contributed by atoms with E-state index < -0.39 is 16.9 Å². The molecule has 10 heteroatoms. The molecule has 33 heavy (non-hydrogen) atoms. The molecular formula is C23H28BrN3O6. The van der Waals surface area contributed by atoms with Gasteiger partial charge in [0, 0.05) is 29.2 Å². The Hall–Kier alpha value is -3.14. The standard InChI is InChI=1S/C23H28BrN3O6/c1-5-15(2)25-23(29)16(3)26(13-17-6-8-18(24)9-7-17)22(28)14-33-19-10-11-20(27(30)31)21(12-19)32-4/h6-12,15-16H,5,13-14H2,1-4H3,(H,25,29)/t15-,16+/m0/s1. The number of halogens is 1. The molecule has 0 aliphatic heterocycles. The van der Waals surface area contributed by atoms with Crippen molar-refractivity contribution in [2.45, 2.75) is 45.8 Å². The molecule has 0 bridgehead atoms. The molecule has 2 rings (SSSR count). The van der Waals surface area contributed by atoms with Crippen LogP contribution in [0.5, 0.6) is 11.5 Å². The number of nitro groups is 1. The summed E-state index contributed by atoms with van der Waals surface area (Å²) >= 11 is 3.39. The van der Waals surface area contributed by atoms with Gasteiger partial charge in [-0.3, -0.25) is 19.7 Å². The van der Waals surface area contributed by atoms with Crippen molar-refractivity contribution < 1.29 is 24.0 Å². The Morgan fingerprint density at radius 1 is 1.18 bits per heavy atom. The van der Waals surface area contributed by atoms with Gasteiger partial charge in [-0.15, -0.1) is 0 Å². The van der Waals surface area contributed by atoms with Crippen molar-refractivity contribution in [3.05, 3.63) is 62.6 Å². The normalized spacial score (nSPS) is 12.4. The summed E-state index contributed by atoms with van der Waals surface area (Å²) in [5, 5.41) is 14.0. The van der Waals surface area contributed by atoms with Crippen LogP contribution in [0.3, 0.4) is 0 Å². The maximum absolute atomic E-state index is 13.1. The van der Waals surface area contributed by atoms with E-state index in [1.165, 1.54) is 30.2 Å². The molecule has 0 fully saturated rings. The first-order chi connectivity index (χ1) is 15.7. The number of carbonyl (C=O) groups is 2. The van der Waals surface area contributed by atoms with Gasteiger partial charge in [-0.2, -0.15) is 0 Å². The van der Waals surface area contributed by atoms with Crippen LogP contribution in [0.15, 0.2) is 46.9 Å². The molecule has 0 saturated heterocycles. The third-order valence-electron chi connectivity index (χ3n) is 5.14. The largest absolute Gasteiger partial charge is 0.490 e. The van der Waals surface area contributed by atoms with Crippen molar-refractivity contribution in [2.75, 3.05) is 13.7 Å². The topological polar surface area (TPSA) is 111 Å². The van der Waals surface area contributed by atoms with Crippen LogP contribution in [-0.2, 0) is 16.1 Å². The highest BCUT2D eigenvalue weighted by Crippen LogP contribution is 2.30. The Kier molecular flexibility index (Phi) is 9.65. The molecule has 9 nitrogen and oxygen atoms in total. The van der Waals surface area contributed by atoms with Gasteiger partial charge in [0.25, 0.3) is 5.91 Å². The number of hydrogen-bond donors (Lipinski definition) is 1. The van der Waals surface area contributed by atoms with E-state index in [4.69, 9.17) is 9.47 Å². The van der Waals surface area contributed by atoms with E-state index in [1.54, 1.807) is 6.92 Å². The second-order valence-corrected chi connectivity index (χ2v) is 8.44. The molecule has 2 aromatic rings. The van der Waals surface area contributed by atoms with Crippen LogP contribution < -0.4 is 14.8 Å². The molecular weight excluding hydrogens is 494 g/mol. The van der Waals surface area contributed by atoms with E-state index in [1.807, 2.05) is 38.1 Å². The van der Waals surface area contributed by atoms with E-state index in [2.05, 4.69) is 21.2 Å². The Balaban J connectivity index is 2.19. The van der Waals surface area contributed by atoms with Gasteiger partial charge >= 0.3 is 5.69 Å². The SMILES string of the molecule is CC[C@H](C)NC(=O)[C@@H](C)N(Cc1ccc(Br)cc1)C(=O)COc1ccc([N+](=O)[O-])c(OC)c1. The number of nitrogens with one attached hydrogen (secondary N) is 1. The first-order valence-electron chi connectivity index (χ1n) is 10.5. The van der Waals surface area contributed by atoms with E-state index in [9.17, 15) is 19.7 Å². The van der Waals surface area contributed by atoms with E-state index in [-0.39, 0.29) is 42.3 Å². The molecule has 0 radical (unpaired) electrons. The molecule has 0 unspecified atom stereocenters. The second-order valence-electron chi connectivity index (χ2n) is 7.52. The van der Waals surface area contributed by atoms with Crippen LogP contribution in [0.2, 0.25) is 0 Å². The van der Waals surface area contributed by atoms with Crippen LogP contribution >= 0.6 is 15.9 Å². The quantitative estimate of drug-likeness (QED) is 0.352. The third-order valence-corrected chi connectivity index (χ3v) is 5.67. The lowest BCUT2D eigenvalue weighted by molar-refractivity contribution is -0.385. The fourth-order valence-corrected chi connectivity index (χ4v) is 3.23.